The van der Waals surface area contributed by atoms with Crippen LogP contribution in [0.15, 0.2) is 29.2 Å². The number of rotatable bonds is 3. The first-order valence-electron chi connectivity index (χ1n) is 9.16. The molecule has 5 nitrogen and oxygen atoms in total. The van der Waals surface area contributed by atoms with Crippen molar-refractivity contribution in [3.05, 3.63) is 40.3 Å². The molecule has 2 aromatic rings. The van der Waals surface area contributed by atoms with Crippen LogP contribution in [0.1, 0.15) is 44.1 Å². The van der Waals surface area contributed by atoms with Crippen molar-refractivity contribution in [3.63, 3.8) is 0 Å². The standard InChI is InChI=1S/C20H24N2O3/c1-22-19(23)13-21-17-11-15(14-7-9-24-10-8-14)12-18(20(17)22)25-16-5-3-2-4-6-16/h7,11-13,16H,2-6,8-10H2,1H3. The third kappa shape index (κ3) is 3.33. The summed E-state index contributed by atoms with van der Waals surface area (Å²) in [6.07, 6.45) is 10.5. The van der Waals surface area contributed by atoms with Gasteiger partial charge in [-0.25, -0.2) is 4.98 Å². The number of fused-ring (bicyclic) bond motifs is 1. The number of ether oxygens (including phenoxy) is 2. The summed E-state index contributed by atoms with van der Waals surface area (Å²) in [6, 6.07) is 4.13. The Bertz CT molecular complexity index is 863. The second kappa shape index (κ2) is 7.00. The zero-order valence-electron chi connectivity index (χ0n) is 14.7. The van der Waals surface area contributed by atoms with Crippen molar-refractivity contribution in [2.45, 2.75) is 44.6 Å². The first-order valence-corrected chi connectivity index (χ1v) is 9.16. The fourth-order valence-corrected chi connectivity index (χ4v) is 3.78. The fourth-order valence-electron chi connectivity index (χ4n) is 3.78. The number of aromatic nitrogens is 2. The molecule has 5 heteroatoms. The summed E-state index contributed by atoms with van der Waals surface area (Å²) in [5.74, 6) is 0.777. The Hall–Kier alpha value is -2.14. The Morgan fingerprint density at radius 2 is 2.08 bits per heavy atom. The molecule has 0 saturated heterocycles. The first-order chi connectivity index (χ1) is 12.2. The first kappa shape index (κ1) is 16.3. The minimum Gasteiger partial charge on any atom is -0.488 e. The van der Waals surface area contributed by atoms with Gasteiger partial charge in [0.15, 0.2) is 0 Å². The molecule has 0 spiro atoms. The van der Waals surface area contributed by atoms with Gasteiger partial charge in [-0.1, -0.05) is 12.5 Å². The Labute approximate surface area is 147 Å². The lowest BCUT2D eigenvalue weighted by molar-refractivity contribution is 0.156. The molecule has 0 radical (unpaired) electrons. The van der Waals surface area contributed by atoms with Crippen LogP contribution >= 0.6 is 0 Å². The average Bonchev–Trinajstić information content (AvgIpc) is 2.66. The SMILES string of the molecule is Cn1c(=O)cnc2cc(C3=CCOCC3)cc(OC3CCCCC3)c21. The Morgan fingerprint density at radius 1 is 1.24 bits per heavy atom. The normalized spacial score (nSPS) is 19.0. The van der Waals surface area contributed by atoms with E-state index in [0.29, 0.717) is 6.61 Å². The zero-order chi connectivity index (χ0) is 17.2. The Balaban J connectivity index is 1.82. The van der Waals surface area contributed by atoms with Crippen LogP contribution in [0.5, 0.6) is 5.75 Å². The molecule has 2 heterocycles. The van der Waals surface area contributed by atoms with Gasteiger partial charge in [-0.05, 0) is 55.4 Å². The highest BCUT2D eigenvalue weighted by Gasteiger charge is 2.19. The predicted molar refractivity (Wildman–Crippen MR) is 97.9 cm³/mol. The third-order valence-electron chi connectivity index (χ3n) is 5.21. The third-order valence-corrected chi connectivity index (χ3v) is 5.21. The summed E-state index contributed by atoms with van der Waals surface area (Å²) in [6.45, 7) is 1.39. The van der Waals surface area contributed by atoms with E-state index < -0.39 is 0 Å². The van der Waals surface area contributed by atoms with Crippen LogP contribution in [-0.4, -0.2) is 28.9 Å². The van der Waals surface area contributed by atoms with Crippen molar-refractivity contribution in [3.8, 4) is 5.75 Å². The van der Waals surface area contributed by atoms with Gasteiger partial charge in [0.05, 0.1) is 31.0 Å². The number of hydrogen-bond acceptors (Lipinski definition) is 4. The summed E-state index contributed by atoms with van der Waals surface area (Å²) < 4.78 is 13.4. The molecule has 1 fully saturated rings. The maximum Gasteiger partial charge on any atom is 0.269 e. The lowest BCUT2D eigenvalue weighted by Crippen LogP contribution is -2.22. The fraction of sp³-hybridized carbons (Fsp3) is 0.500. The largest absolute Gasteiger partial charge is 0.488 e. The number of aryl methyl sites for hydroxylation is 1. The summed E-state index contributed by atoms with van der Waals surface area (Å²) in [4.78, 5) is 16.5. The van der Waals surface area contributed by atoms with Crippen LogP contribution in [0.4, 0.5) is 0 Å². The predicted octanol–water partition coefficient (Wildman–Crippen LogP) is 3.45. The molecule has 1 aromatic heterocycles. The molecule has 0 unspecified atom stereocenters. The van der Waals surface area contributed by atoms with Crippen molar-refractivity contribution in [1.29, 1.82) is 0 Å². The van der Waals surface area contributed by atoms with Crippen LogP contribution < -0.4 is 10.3 Å². The Kier molecular flexibility index (Phi) is 4.57. The minimum atomic E-state index is -0.112. The van der Waals surface area contributed by atoms with Crippen molar-refractivity contribution in [2.75, 3.05) is 13.2 Å². The number of benzene rings is 1. The van der Waals surface area contributed by atoms with E-state index >= 15 is 0 Å². The molecule has 0 N–H and O–H groups in total. The van der Waals surface area contributed by atoms with E-state index in [9.17, 15) is 4.79 Å². The van der Waals surface area contributed by atoms with Crippen LogP contribution in [0, 0.1) is 0 Å². The van der Waals surface area contributed by atoms with E-state index in [-0.39, 0.29) is 11.7 Å². The Morgan fingerprint density at radius 3 is 2.84 bits per heavy atom. The zero-order valence-corrected chi connectivity index (χ0v) is 14.7. The summed E-state index contributed by atoms with van der Waals surface area (Å²) in [5.41, 5.74) is 3.86. The molecule has 0 amide bonds. The van der Waals surface area contributed by atoms with Gasteiger partial charge in [0.2, 0.25) is 0 Å². The van der Waals surface area contributed by atoms with E-state index in [4.69, 9.17) is 9.47 Å². The highest BCUT2D eigenvalue weighted by Crippen LogP contribution is 2.33. The van der Waals surface area contributed by atoms with Crippen LogP contribution in [0.25, 0.3) is 16.6 Å². The van der Waals surface area contributed by atoms with Gasteiger partial charge in [0.25, 0.3) is 5.56 Å². The van der Waals surface area contributed by atoms with Crippen LogP contribution in [0.2, 0.25) is 0 Å². The molecule has 0 bridgehead atoms. The highest BCUT2D eigenvalue weighted by atomic mass is 16.5. The summed E-state index contributed by atoms with van der Waals surface area (Å²) in [5, 5.41) is 0. The van der Waals surface area contributed by atoms with Gasteiger partial charge in [-0.2, -0.15) is 0 Å². The van der Waals surface area contributed by atoms with Crippen LogP contribution in [0.3, 0.4) is 0 Å². The van der Waals surface area contributed by atoms with Crippen molar-refractivity contribution in [1.82, 2.24) is 9.55 Å². The van der Waals surface area contributed by atoms with E-state index in [2.05, 4.69) is 23.2 Å². The molecule has 2 aliphatic rings. The summed E-state index contributed by atoms with van der Waals surface area (Å²) in [7, 11) is 1.79. The van der Waals surface area contributed by atoms with Crippen LogP contribution in [-0.2, 0) is 11.8 Å². The molecule has 1 aliphatic heterocycles. The molecule has 132 valence electrons. The van der Waals surface area contributed by atoms with E-state index in [1.54, 1.807) is 11.6 Å². The van der Waals surface area contributed by atoms with E-state index in [0.717, 1.165) is 48.2 Å². The van der Waals surface area contributed by atoms with Gasteiger partial charge < -0.3 is 14.0 Å². The molecule has 1 aromatic carbocycles. The van der Waals surface area contributed by atoms with Crippen molar-refractivity contribution in [2.24, 2.45) is 7.05 Å². The molecule has 1 saturated carbocycles. The average molecular weight is 340 g/mol. The molecular weight excluding hydrogens is 316 g/mol. The lowest BCUT2D eigenvalue weighted by Gasteiger charge is -2.25. The minimum absolute atomic E-state index is 0.112. The van der Waals surface area contributed by atoms with Gasteiger partial charge in [0, 0.05) is 7.05 Å². The van der Waals surface area contributed by atoms with Gasteiger partial charge in [-0.15, -0.1) is 0 Å². The smallest absolute Gasteiger partial charge is 0.269 e. The van der Waals surface area contributed by atoms with Crippen molar-refractivity contribution >= 4 is 16.6 Å². The molecule has 1 aliphatic carbocycles. The molecule has 25 heavy (non-hydrogen) atoms. The van der Waals surface area contributed by atoms with Crippen molar-refractivity contribution < 1.29 is 9.47 Å². The molecule has 0 atom stereocenters. The number of nitrogens with zero attached hydrogens (tertiary/aromatic N) is 2. The van der Waals surface area contributed by atoms with Gasteiger partial charge in [-0.3, -0.25) is 4.79 Å². The maximum absolute atomic E-state index is 12.1. The van der Waals surface area contributed by atoms with E-state index in [1.165, 1.54) is 31.0 Å². The number of hydrogen-bond donors (Lipinski definition) is 0. The topological polar surface area (TPSA) is 53.4 Å². The van der Waals surface area contributed by atoms with Gasteiger partial charge >= 0.3 is 0 Å². The second-order valence-corrected chi connectivity index (χ2v) is 6.93. The summed E-state index contributed by atoms with van der Waals surface area (Å²) >= 11 is 0. The second-order valence-electron chi connectivity index (χ2n) is 6.93. The molecular formula is C20H24N2O3. The van der Waals surface area contributed by atoms with Gasteiger partial charge in [0.1, 0.15) is 11.3 Å². The van der Waals surface area contributed by atoms with E-state index in [1.807, 2.05) is 0 Å². The quantitative estimate of drug-likeness (QED) is 0.859. The molecule has 4 rings (SSSR count). The monoisotopic (exact) mass is 340 g/mol. The maximum atomic E-state index is 12.1. The lowest BCUT2D eigenvalue weighted by atomic mass is 9.97. The highest BCUT2D eigenvalue weighted by molar-refractivity contribution is 5.86.